The van der Waals surface area contributed by atoms with Gasteiger partial charge in [0.15, 0.2) is 5.78 Å². The number of nitrogen functional groups attached to an aromatic ring is 1. The number of hydrogen-bond donors (Lipinski definition) is 1. The molecule has 2 aromatic rings. The molecule has 0 aliphatic carbocycles. The lowest BCUT2D eigenvalue weighted by Gasteiger charge is -2.05. The van der Waals surface area contributed by atoms with Gasteiger partial charge in [-0.05, 0) is 24.3 Å². The molecular weight excluding hydrogens is 295 g/mol. The van der Waals surface area contributed by atoms with Crippen LogP contribution in [0.4, 0.5) is 5.82 Å². The molecule has 0 fully saturated rings. The highest BCUT2D eigenvalue weighted by molar-refractivity contribution is 6.35. The molecule has 0 bridgehead atoms. The monoisotopic (exact) mass is 300 g/mol. The predicted molar refractivity (Wildman–Crippen MR) is 73.6 cm³/mol. The lowest BCUT2D eigenvalue weighted by atomic mass is 10.0. The molecule has 2 rings (SSSR count). The normalized spacial score (nSPS) is 10.4. The van der Waals surface area contributed by atoms with Crippen LogP contribution >= 0.6 is 34.8 Å². The van der Waals surface area contributed by atoms with Crippen molar-refractivity contribution >= 4 is 46.4 Å². The van der Waals surface area contributed by atoms with Crippen LogP contribution in [0, 0.1) is 0 Å². The van der Waals surface area contributed by atoms with Crippen molar-refractivity contribution in [3.8, 4) is 0 Å². The number of aromatic nitrogens is 1. The summed E-state index contributed by atoms with van der Waals surface area (Å²) in [6.07, 6.45) is 1.37. The van der Waals surface area contributed by atoms with Gasteiger partial charge in [-0.25, -0.2) is 4.98 Å². The second kappa shape index (κ2) is 5.14. The molecular formula is C12H7Cl3N2O. The van der Waals surface area contributed by atoms with Crippen molar-refractivity contribution in [1.29, 1.82) is 0 Å². The summed E-state index contributed by atoms with van der Waals surface area (Å²) in [4.78, 5) is 16.1. The summed E-state index contributed by atoms with van der Waals surface area (Å²) in [5.74, 6) is -0.215. The average Bonchev–Trinajstić information content (AvgIpc) is 2.30. The van der Waals surface area contributed by atoms with Crippen molar-refractivity contribution in [3.05, 3.63) is 56.7 Å². The van der Waals surface area contributed by atoms with Crippen molar-refractivity contribution in [2.75, 3.05) is 5.73 Å². The molecule has 0 unspecified atom stereocenters. The van der Waals surface area contributed by atoms with Crippen LogP contribution in [-0.2, 0) is 0 Å². The van der Waals surface area contributed by atoms with Crippen molar-refractivity contribution in [2.45, 2.75) is 0 Å². The Labute approximate surface area is 118 Å². The molecule has 0 saturated carbocycles. The molecule has 6 heteroatoms. The molecule has 0 aliphatic heterocycles. The number of anilines is 1. The third-order valence-electron chi connectivity index (χ3n) is 2.25. The van der Waals surface area contributed by atoms with Gasteiger partial charge in [0.25, 0.3) is 0 Å². The Morgan fingerprint density at radius 2 is 1.61 bits per heavy atom. The maximum atomic E-state index is 12.2. The zero-order valence-electron chi connectivity index (χ0n) is 8.95. The molecule has 18 heavy (non-hydrogen) atoms. The molecule has 3 nitrogen and oxygen atoms in total. The molecule has 0 saturated heterocycles. The van der Waals surface area contributed by atoms with Gasteiger partial charge >= 0.3 is 0 Å². The number of nitrogens with zero attached hydrogens (tertiary/aromatic N) is 1. The number of hydrogen-bond acceptors (Lipinski definition) is 3. The third-order valence-corrected chi connectivity index (χ3v) is 2.90. The lowest BCUT2D eigenvalue weighted by Crippen LogP contribution is -2.07. The Hall–Kier alpha value is -1.29. The predicted octanol–water partition coefficient (Wildman–Crippen LogP) is 3.86. The minimum Gasteiger partial charge on any atom is -0.383 e. The van der Waals surface area contributed by atoms with Gasteiger partial charge in [-0.3, -0.25) is 4.79 Å². The van der Waals surface area contributed by atoms with E-state index in [1.165, 1.54) is 24.4 Å². The smallest absolute Gasteiger partial charge is 0.196 e. The summed E-state index contributed by atoms with van der Waals surface area (Å²) in [7, 11) is 0. The van der Waals surface area contributed by atoms with E-state index in [1.807, 2.05) is 0 Å². The molecule has 92 valence electrons. The van der Waals surface area contributed by atoms with Crippen LogP contribution in [0.5, 0.6) is 0 Å². The van der Waals surface area contributed by atoms with E-state index in [4.69, 9.17) is 40.5 Å². The van der Waals surface area contributed by atoms with Crippen LogP contribution in [0.1, 0.15) is 15.9 Å². The minimum absolute atomic E-state index is 0.112. The Morgan fingerprint density at radius 1 is 1.00 bits per heavy atom. The summed E-state index contributed by atoms with van der Waals surface area (Å²) in [6, 6.07) is 6.02. The highest BCUT2D eigenvalue weighted by Gasteiger charge is 2.15. The summed E-state index contributed by atoms with van der Waals surface area (Å²) < 4.78 is 0. The number of carbonyl (C=O) groups is 1. The van der Waals surface area contributed by atoms with Crippen molar-refractivity contribution < 1.29 is 4.79 Å². The van der Waals surface area contributed by atoms with Crippen LogP contribution < -0.4 is 5.73 Å². The molecule has 0 spiro atoms. The van der Waals surface area contributed by atoms with Crippen LogP contribution in [0.25, 0.3) is 0 Å². The SMILES string of the molecule is Nc1ncc(Cl)cc1C(=O)c1cc(Cl)cc(Cl)c1. The minimum atomic E-state index is -0.327. The van der Waals surface area contributed by atoms with Crippen molar-refractivity contribution in [1.82, 2.24) is 4.98 Å². The van der Waals surface area contributed by atoms with E-state index in [9.17, 15) is 4.79 Å². The van der Waals surface area contributed by atoms with Gasteiger partial charge in [0.05, 0.1) is 10.6 Å². The zero-order valence-corrected chi connectivity index (χ0v) is 11.2. The van der Waals surface area contributed by atoms with Crippen LogP contribution in [0.2, 0.25) is 15.1 Å². The van der Waals surface area contributed by atoms with Gasteiger partial charge in [0.2, 0.25) is 0 Å². The maximum Gasteiger partial charge on any atom is 0.196 e. The summed E-state index contributed by atoms with van der Waals surface area (Å²) in [5.41, 5.74) is 6.21. The van der Waals surface area contributed by atoms with E-state index in [2.05, 4.69) is 4.98 Å². The fourth-order valence-electron chi connectivity index (χ4n) is 1.47. The number of ketones is 1. The van der Waals surface area contributed by atoms with Gasteiger partial charge in [0, 0.05) is 21.8 Å². The molecule has 1 aromatic carbocycles. The number of halogens is 3. The Morgan fingerprint density at radius 3 is 2.22 bits per heavy atom. The highest BCUT2D eigenvalue weighted by atomic mass is 35.5. The number of rotatable bonds is 2. The van der Waals surface area contributed by atoms with E-state index in [1.54, 1.807) is 6.07 Å². The fraction of sp³-hybridized carbons (Fsp3) is 0. The van der Waals surface area contributed by atoms with Gasteiger partial charge in [0.1, 0.15) is 5.82 Å². The molecule has 0 aliphatic rings. The quantitative estimate of drug-likeness (QED) is 0.857. The number of nitrogens with two attached hydrogens (primary N) is 1. The van der Waals surface area contributed by atoms with Crippen LogP contribution in [-0.4, -0.2) is 10.8 Å². The van der Waals surface area contributed by atoms with E-state index in [0.29, 0.717) is 20.6 Å². The second-order valence-corrected chi connectivity index (χ2v) is 4.88. The average molecular weight is 302 g/mol. The molecule has 2 N–H and O–H groups in total. The van der Waals surface area contributed by atoms with Gasteiger partial charge in [-0.1, -0.05) is 34.8 Å². The highest BCUT2D eigenvalue weighted by Crippen LogP contribution is 2.23. The summed E-state index contributed by atoms with van der Waals surface area (Å²) >= 11 is 17.5. The zero-order chi connectivity index (χ0) is 13.3. The largest absolute Gasteiger partial charge is 0.383 e. The first kappa shape index (κ1) is 13.1. The Balaban J connectivity index is 2.51. The van der Waals surface area contributed by atoms with E-state index >= 15 is 0 Å². The van der Waals surface area contributed by atoms with E-state index in [-0.39, 0.29) is 17.2 Å². The summed E-state index contributed by atoms with van der Waals surface area (Å²) in [5, 5.41) is 1.08. The fourth-order valence-corrected chi connectivity index (χ4v) is 2.16. The lowest BCUT2D eigenvalue weighted by molar-refractivity contribution is 0.103. The summed E-state index contributed by atoms with van der Waals surface area (Å²) in [6.45, 7) is 0. The molecule has 1 heterocycles. The Kier molecular flexibility index (Phi) is 3.76. The van der Waals surface area contributed by atoms with E-state index in [0.717, 1.165) is 0 Å². The Bertz CT molecular complexity index is 608. The first-order chi connectivity index (χ1) is 8.47. The van der Waals surface area contributed by atoms with Crippen molar-refractivity contribution in [2.24, 2.45) is 0 Å². The second-order valence-electron chi connectivity index (χ2n) is 3.57. The molecule has 0 radical (unpaired) electrons. The van der Waals surface area contributed by atoms with Crippen LogP contribution in [0.3, 0.4) is 0 Å². The first-order valence-electron chi connectivity index (χ1n) is 4.89. The van der Waals surface area contributed by atoms with Gasteiger partial charge < -0.3 is 5.73 Å². The molecule has 0 atom stereocenters. The van der Waals surface area contributed by atoms with E-state index < -0.39 is 0 Å². The topological polar surface area (TPSA) is 56.0 Å². The number of carbonyl (C=O) groups excluding carboxylic acids is 1. The molecule has 0 amide bonds. The number of benzene rings is 1. The maximum absolute atomic E-state index is 12.2. The third kappa shape index (κ3) is 2.75. The van der Waals surface area contributed by atoms with Gasteiger partial charge in [-0.15, -0.1) is 0 Å². The van der Waals surface area contributed by atoms with Crippen molar-refractivity contribution in [3.63, 3.8) is 0 Å². The standard InChI is InChI=1S/C12H7Cl3N2O/c13-7-1-6(2-8(14)3-7)11(18)10-4-9(15)5-17-12(10)16/h1-5H,(H2,16,17). The number of pyridine rings is 1. The van der Waals surface area contributed by atoms with Crippen LogP contribution in [0.15, 0.2) is 30.5 Å². The van der Waals surface area contributed by atoms with Gasteiger partial charge in [-0.2, -0.15) is 0 Å². The molecule has 1 aromatic heterocycles. The first-order valence-corrected chi connectivity index (χ1v) is 6.02.